The normalized spacial score (nSPS) is 11.2. The maximum atomic E-state index is 10.3. The van der Waals surface area contributed by atoms with E-state index < -0.39 is 0 Å². The molecule has 0 heterocycles. The van der Waals surface area contributed by atoms with E-state index in [1.165, 1.54) is 0 Å². The van der Waals surface area contributed by atoms with Gasteiger partial charge >= 0.3 is 0 Å². The summed E-state index contributed by atoms with van der Waals surface area (Å²) >= 11 is 0. The van der Waals surface area contributed by atoms with E-state index >= 15 is 0 Å². The van der Waals surface area contributed by atoms with Gasteiger partial charge in [-0.05, 0) is 24.0 Å². The lowest BCUT2D eigenvalue weighted by molar-refractivity contribution is -0.120. The number of carbonyl (C=O) groups excluding carboxylic acids is 1. The molecule has 0 unspecified atom stereocenters. The van der Waals surface area contributed by atoms with E-state index in [4.69, 9.17) is 4.74 Å². The van der Waals surface area contributed by atoms with Gasteiger partial charge in [0.05, 0.1) is 0 Å². The summed E-state index contributed by atoms with van der Waals surface area (Å²) < 4.78 is 4.72. The van der Waals surface area contributed by atoms with E-state index in [0.717, 1.165) is 11.1 Å². The number of benzene rings is 1. The summed E-state index contributed by atoms with van der Waals surface area (Å²) in [6.07, 6.45) is 0. The van der Waals surface area contributed by atoms with Gasteiger partial charge in [0.25, 0.3) is 6.47 Å². The summed E-state index contributed by atoms with van der Waals surface area (Å²) in [5.41, 5.74) is 1.55. The van der Waals surface area contributed by atoms with Crippen LogP contribution in [-0.4, -0.2) is 11.6 Å². The highest BCUT2D eigenvalue weighted by Gasteiger charge is 2.21. The van der Waals surface area contributed by atoms with Gasteiger partial charge in [-0.25, -0.2) is 0 Å². The monoisotopic (exact) mass is 208 g/mol. The maximum absolute atomic E-state index is 10.3. The minimum atomic E-state index is -0.183. The largest absolute Gasteiger partial charge is 0.504 e. The molecule has 0 saturated heterocycles. The fourth-order valence-corrected chi connectivity index (χ4v) is 1.46. The molecular weight excluding hydrogens is 192 g/mol. The van der Waals surface area contributed by atoms with E-state index in [1.807, 2.05) is 33.8 Å². The molecule has 82 valence electrons. The molecule has 0 aromatic heterocycles. The van der Waals surface area contributed by atoms with E-state index in [1.54, 1.807) is 6.07 Å². The van der Waals surface area contributed by atoms with Crippen molar-refractivity contribution in [2.45, 2.75) is 33.1 Å². The SMILES string of the molecule is Cc1cc(OC=O)c(O)c(C(C)(C)C)c1. The van der Waals surface area contributed by atoms with Crippen LogP contribution in [0.25, 0.3) is 0 Å². The molecule has 0 bridgehead atoms. The highest BCUT2D eigenvalue weighted by Crippen LogP contribution is 2.38. The highest BCUT2D eigenvalue weighted by atomic mass is 16.5. The number of carbonyl (C=O) groups is 1. The second-order valence-corrected chi connectivity index (χ2v) is 4.62. The van der Waals surface area contributed by atoms with Gasteiger partial charge < -0.3 is 9.84 Å². The summed E-state index contributed by atoms with van der Waals surface area (Å²) in [4.78, 5) is 10.3. The third kappa shape index (κ3) is 2.49. The smallest absolute Gasteiger partial charge is 0.298 e. The van der Waals surface area contributed by atoms with Gasteiger partial charge in [-0.1, -0.05) is 26.8 Å². The number of hydrogen-bond donors (Lipinski definition) is 1. The Morgan fingerprint density at radius 3 is 2.40 bits per heavy atom. The second-order valence-electron chi connectivity index (χ2n) is 4.62. The zero-order chi connectivity index (χ0) is 11.6. The van der Waals surface area contributed by atoms with Crippen molar-refractivity contribution in [1.29, 1.82) is 0 Å². The summed E-state index contributed by atoms with van der Waals surface area (Å²) in [5, 5.41) is 9.90. The van der Waals surface area contributed by atoms with Crippen LogP contribution < -0.4 is 4.74 Å². The van der Waals surface area contributed by atoms with Crippen LogP contribution in [0.5, 0.6) is 11.5 Å². The third-order valence-corrected chi connectivity index (χ3v) is 2.20. The van der Waals surface area contributed by atoms with Gasteiger partial charge in [0, 0.05) is 5.56 Å². The fraction of sp³-hybridized carbons (Fsp3) is 0.417. The van der Waals surface area contributed by atoms with Gasteiger partial charge in [-0.3, -0.25) is 4.79 Å². The fourth-order valence-electron chi connectivity index (χ4n) is 1.46. The predicted octanol–water partition coefficient (Wildman–Crippen LogP) is 2.53. The third-order valence-electron chi connectivity index (χ3n) is 2.20. The summed E-state index contributed by atoms with van der Waals surface area (Å²) in [6, 6.07) is 3.53. The number of phenolic OH excluding ortho intramolecular Hbond substituents is 1. The van der Waals surface area contributed by atoms with Crippen molar-refractivity contribution >= 4 is 6.47 Å². The van der Waals surface area contributed by atoms with Gasteiger partial charge in [0.15, 0.2) is 11.5 Å². The Balaban J connectivity index is 3.34. The van der Waals surface area contributed by atoms with Gasteiger partial charge in [0.1, 0.15) is 0 Å². The zero-order valence-corrected chi connectivity index (χ0v) is 9.50. The first-order chi connectivity index (χ1) is 6.86. The Morgan fingerprint density at radius 2 is 1.93 bits per heavy atom. The Morgan fingerprint density at radius 1 is 1.33 bits per heavy atom. The van der Waals surface area contributed by atoms with Crippen molar-refractivity contribution in [1.82, 2.24) is 0 Å². The van der Waals surface area contributed by atoms with Crippen LogP contribution in [0.4, 0.5) is 0 Å². The molecule has 1 N–H and O–H groups in total. The number of hydrogen-bond acceptors (Lipinski definition) is 3. The Hall–Kier alpha value is -1.51. The molecule has 0 radical (unpaired) electrons. The van der Waals surface area contributed by atoms with E-state index in [0.29, 0.717) is 6.47 Å². The molecule has 0 atom stereocenters. The second kappa shape index (κ2) is 3.93. The molecule has 3 heteroatoms. The lowest BCUT2D eigenvalue weighted by Gasteiger charge is -2.22. The molecule has 0 aliphatic rings. The first kappa shape index (κ1) is 11.6. The number of aromatic hydroxyl groups is 1. The van der Waals surface area contributed by atoms with Crippen molar-refractivity contribution in [3.8, 4) is 11.5 Å². The van der Waals surface area contributed by atoms with Crippen LogP contribution in [0.1, 0.15) is 31.9 Å². The molecule has 1 rings (SSSR count). The van der Waals surface area contributed by atoms with E-state index in [9.17, 15) is 9.90 Å². The molecule has 0 aliphatic heterocycles. The van der Waals surface area contributed by atoms with E-state index in [2.05, 4.69) is 0 Å². The topological polar surface area (TPSA) is 46.5 Å². The van der Waals surface area contributed by atoms with Crippen molar-refractivity contribution in [3.05, 3.63) is 23.3 Å². The molecule has 0 aliphatic carbocycles. The standard InChI is InChI=1S/C12H16O3/c1-8-5-9(12(2,3)4)11(14)10(6-8)15-7-13/h5-7,14H,1-4H3. The lowest BCUT2D eigenvalue weighted by atomic mass is 9.85. The van der Waals surface area contributed by atoms with Gasteiger partial charge in [-0.15, -0.1) is 0 Å². The molecule has 0 saturated carbocycles. The van der Waals surface area contributed by atoms with Crippen LogP contribution in [0.2, 0.25) is 0 Å². The lowest BCUT2D eigenvalue weighted by Crippen LogP contribution is -2.12. The Labute approximate surface area is 89.7 Å². The first-order valence-corrected chi connectivity index (χ1v) is 4.80. The van der Waals surface area contributed by atoms with Crippen LogP contribution in [0.15, 0.2) is 12.1 Å². The van der Waals surface area contributed by atoms with Crippen molar-refractivity contribution < 1.29 is 14.6 Å². The van der Waals surface area contributed by atoms with E-state index in [-0.39, 0.29) is 16.9 Å². The summed E-state index contributed by atoms with van der Waals surface area (Å²) in [6.45, 7) is 8.19. The minimum Gasteiger partial charge on any atom is -0.504 e. The molecule has 1 aromatic rings. The van der Waals surface area contributed by atoms with Crippen molar-refractivity contribution in [3.63, 3.8) is 0 Å². The number of ether oxygens (including phenoxy) is 1. The molecule has 0 amide bonds. The Bertz CT molecular complexity index is 375. The summed E-state index contributed by atoms with van der Waals surface area (Å²) in [5.74, 6) is 0.259. The molecule has 3 nitrogen and oxygen atoms in total. The van der Waals surface area contributed by atoms with Crippen LogP contribution in [0.3, 0.4) is 0 Å². The van der Waals surface area contributed by atoms with Gasteiger partial charge in [0.2, 0.25) is 0 Å². The zero-order valence-electron chi connectivity index (χ0n) is 9.50. The maximum Gasteiger partial charge on any atom is 0.298 e. The quantitative estimate of drug-likeness (QED) is 0.760. The molecular formula is C12H16O3. The van der Waals surface area contributed by atoms with Crippen molar-refractivity contribution in [2.24, 2.45) is 0 Å². The minimum absolute atomic E-state index is 0.0419. The average Bonchev–Trinajstić information content (AvgIpc) is 2.09. The first-order valence-electron chi connectivity index (χ1n) is 4.80. The Kier molecular flexibility index (Phi) is 3.03. The molecule has 0 fully saturated rings. The number of rotatable bonds is 2. The predicted molar refractivity (Wildman–Crippen MR) is 58.2 cm³/mol. The summed E-state index contributed by atoms with van der Waals surface area (Å²) in [7, 11) is 0. The molecule has 1 aromatic carbocycles. The van der Waals surface area contributed by atoms with Gasteiger partial charge in [-0.2, -0.15) is 0 Å². The van der Waals surface area contributed by atoms with Crippen LogP contribution >= 0.6 is 0 Å². The van der Waals surface area contributed by atoms with Crippen LogP contribution in [0, 0.1) is 6.92 Å². The van der Waals surface area contributed by atoms with Crippen LogP contribution in [-0.2, 0) is 10.2 Å². The average molecular weight is 208 g/mol. The highest BCUT2D eigenvalue weighted by molar-refractivity contribution is 5.56. The number of phenols is 1. The van der Waals surface area contributed by atoms with Crippen molar-refractivity contribution in [2.75, 3.05) is 0 Å². The number of aryl methyl sites for hydroxylation is 1. The molecule has 15 heavy (non-hydrogen) atoms. The molecule has 0 spiro atoms.